The maximum absolute atomic E-state index is 2.37. The molecule has 0 aliphatic carbocycles. The van der Waals surface area contributed by atoms with Crippen LogP contribution in [0.4, 0.5) is 17.1 Å². The highest BCUT2D eigenvalue weighted by atomic mass is 15.1. The second-order valence-electron chi connectivity index (χ2n) is 14.5. The van der Waals surface area contributed by atoms with E-state index < -0.39 is 0 Å². The summed E-state index contributed by atoms with van der Waals surface area (Å²) < 4.78 is 0. The molecule has 1 heteroatoms. The van der Waals surface area contributed by atoms with Gasteiger partial charge in [-0.2, -0.15) is 0 Å². The van der Waals surface area contributed by atoms with E-state index in [4.69, 9.17) is 0 Å². The van der Waals surface area contributed by atoms with Gasteiger partial charge in [-0.15, -0.1) is 0 Å². The highest BCUT2D eigenvalue weighted by Crippen LogP contribution is 2.42. The Morgan fingerprint density at radius 2 is 0.614 bits per heavy atom. The van der Waals surface area contributed by atoms with Crippen LogP contribution in [0.25, 0.3) is 77.2 Å². The third-order valence-electron chi connectivity index (χ3n) is 11.1. The highest BCUT2D eigenvalue weighted by Gasteiger charge is 2.18. The van der Waals surface area contributed by atoms with E-state index in [1.807, 2.05) is 0 Å². The fraction of sp³-hybridized carbons (Fsp3) is 0. The van der Waals surface area contributed by atoms with E-state index in [1.165, 1.54) is 77.2 Å². The Bertz CT molecular complexity index is 2950. The van der Waals surface area contributed by atoms with Crippen molar-refractivity contribution in [3.63, 3.8) is 0 Å². The lowest BCUT2D eigenvalue weighted by Crippen LogP contribution is -2.10. The lowest BCUT2D eigenvalue weighted by molar-refractivity contribution is 1.28. The van der Waals surface area contributed by atoms with E-state index in [0.29, 0.717) is 0 Å². The van der Waals surface area contributed by atoms with Gasteiger partial charge in [-0.05, 0) is 120 Å². The third kappa shape index (κ3) is 6.66. The standard InChI is InChI=1S/C56H39N/c1-4-14-40(15-5-1)42-24-28-44(29-25-42)52-37-36-50(39-56(52)45-30-26-43(27-31-45)41-16-6-2-7-17-41)57(48-19-8-3-9-20-48)49-34-32-46(33-35-49)55-38-47-18-10-11-21-51(47)53-22-12-13-23-54(53)55/h1-39H. The molecule has 0 spiro atoms. The molecule has 0 bridgehead atoms. The van der Waals surface area contributed by atoms with Crippen LogP contribution in [0.3, 0.4) is 0 Å². The number of nitrogens with zero attached hydrogens (tertiary/aromatic N) is 1. The van der Waals surface area contributed by atoms with Crippen molar-refractivity contribution in [1.29, 1.82) is 0 Å². The molecular formula is C56H39N. The van der Waals surface area contributed by atoms with E-state index in [2.05, 4.69) is 241 Å². The van der Waals surface area contributed by atoms with Crippen LogP contribution < -0.4 is 4.90 Å². The van der Waals surface area contributed by atoms with Crippen molar-refractivity contribution in [3.8, 4) is 55.6 Å². The predicted molar refractivity (Wildman–Crippen MR) is 243 cm³/mol. The Hall–Kier alpha value is -7.48. The molecule has 1 nitrogen and oxygen atoms in total. The number of hydrogen-bond donors (Lipinski definition) is 0. The Morgan fingerprint density at radius 3 is 1.23 bits per heavy atom. The van der Waals surface area contributed by atoms with Crippen molar-refractivity contribution in [2.45, 2.75) is 0 Å². The maximum atomic E-state index is 2.37. The zero-order valence-corrected chi connectivity index (χ0v) is 31.5. The van der Waals surface area contributed by atoms with Crippen molar-refractivity contribution < 1.29 is 0 Å². The molecule has 0 aliphatic rings. The van der Waals surface area contributed by atoms with Gasteiger partial charge in [0.15, 0.2) is 0 Å². The summed E-state index contributed by atoms with van der Waals surface area (Å²) in [5, 5.41) is 5.07. The average molecular weight is 726 g/mol. The molecule has 0 radical (unpaired) electrons. The summed E-state index contributed by atoms with van der Waals surface area (Å²) in [6.07, 6.45) is 0. The van der Waals surface area contributed by atoms with Gasteiger partial charge in [0.1, 0.15) is 0 Å². The summed E-state index contributed by atoms with van der Waals surface area (Å²) in [5.74, 6) is 0. The molecule has 0 heterocycles. The van der Waals surface area contributed by atoms with Crippen LogP contribution in [0.1, 0.15) is 0 Å². The number of anilines is 3. The number of para-hydroxylation sites is 1. The van der Waals surface area contributed by atoms with E-state index in [9.17, 15) is 0 Å². The first-order valence-electron chi connectivity index (χ1n) is 19.6. The fourth-order valence-corrected chi connectivity index (χ4v) is 8.21. The lowest BCUT2D eigenvalue weighted by Gasteiger charge is -2.27. The van der Waals surface area contributed by atoms with Crippen LogP contribution >= 0.6 is 0 Å². The molecule has 0 aromatic heterocycles. The minimum atomic E-state index is 1.09. The van der Waals surface area contributed by atoms with Gasteiger partial charge in [-0.3, -0.25) is 0 Å². The van der Waals surface area contributed by atoms with Gasteiger partial charge in [-0.1, -0.05) is 194 Å². The van der Waals surface area contributed by atoms with Gasteiger partial charge in [0.05, 0.1) is 0 Å². The zero-order valence-electron chi connectivity index (χ0n) is 31.5. The molecule has 0 N–H and O–H groups in total. The molecule has 0 amide bonds. The molecule has 268 valence electrons. The first kappa shape index (κ1) is 34.0. The first-order valence-corrected chi connectivity index (χ1v) is 19.6. The lowest BCUT2D eigenvalue weighted by atomic mass is 9.91. The number of benzene rings is 10. The van der Waals surface area contributed by atoms with Crippen molar-refractivity contribution in [2.24, 2.45) is 0 Å². The second-order valence-corrected chi connectivity index (χ2v) is 14.5. The van der Waals surface area contributed by atoms with Gasteiger partial charge in [-0.25, -0.2) is 0 Å². The Labute approximate surface area is 334 Å². The summed E-state index contributed by atoms with van der Waals surface area (Å²) in [6.45, 7) is 0. The summed E-state index contributed by atoms with van der Waals surface area (Å²) in [4.78, 5) is 2.37. The van der Waals surface area contributed by atoms with Crippen molar-refractivity contribution >= 4 is 38.6 Å². The largest absolute Gasteiger partial charge is 0.310 e. The second kappa shape index (κ2) is 15.0. The molecule has 57 heavy (non-hydrogen) atoms. The molecule has 0 aliphatic heterocycles. The molecular weight excluding hydrogens is 687 g/mol. The number of rotatable bonds is 8. The quantitative estimate of drug-likeness (QED) is 0.141. The van der Waals surface area contributed by atoms with Crippen LogP contribution in [0.5, 0.6) is 0 Å². The van der Waals surface area contributed by atoms with Crippen LogP contribution in [-0.4, -0.2) is 0 Å². The Balaban J connectivity index is 1.09. The van der Waals surface area contributed by atoms with Gasteiger partial charge in [0.2, 0.25) is 0 Å². The normalized spacial score (nSPS) is 11.2. The Morgan fingerprint density at radius 1 is 0.211 bits per heavy atom. The van der Waals surface area contributed by atoms with Gasteiger partial charge >= 0.3 is 0 Å². The minimum absolute atomic E-state index is 1.09. The van der Waals surface area contributed by atoms with Gasteiger partial charge < -0.3 is 4.90 Å². The van der Waals surface area contributed by atoms with Crippen LogP contribution in [0, 0.1) is 0 Å². The van der Waals surface area contributed by atoms with E-state index in [-0.39, 0.29) is 0 Å². The molecule has 10 rings (SSSR count). The van der Waals surface area contributed by atoms with Crippen molar-refractivity contribution in [3.05, 3.63) is 237 Å². The predicted octanol–water partition coefficient (Wildman–Crippen LogP) is 15.8. The molecule has 0 saturated carbocycles. The monoisotopic (exact) mass is 725 g/mol. The van der Waals surface area contributed by atoms with E-state index in [1.54, 1.807) is 0 Å². The highest BCUT2D eigenvalue weighted by molar-refractivity contribution is 6.13. The first-order chi connectivity index (χ1) is 28.3. The van der Waals surface area contributed by atoms with Gasteiger partial charge in [0, 0.05) is 17.1 Å². The molecule has 0 saturated heterocycles. The van der Waals surface area contributed by atoms with Crippen molar-refractivity contribution in [1.82, 2.24) is 0 Å². The zero-order chi connectivity index (χ0) is 38.0. The summed E-state index contributed by atoms with van der Waals surface area (Å²) >= 11 is 0. The fourth-order valence-electron chi connectivity index (χ4n) is 8.21. The molecule has 10 aromatic carbocycles. The van der Waals surface area contributed by atoms with Gasteiger partial charge in [0.25, 0.3) is 0 Å². The topological polar surface area (TPSA) is 3.24 Å². The van der Waals surface area contributed by atoms with E-state index in [0.717, 1.165) is 17.1 Å². The van der Waals surface area contributed by atoms with Crippen LogP contribution in [-0.2, 0) is 0 Å². The molecule has 0 unspecified atom stereocenters. The smallest absolute Gasteiger partial charge is 0.0468 e. The summed E-state index contributed by atoms with van der Waals surface area (Å²) in [7, 11) is 0. The average Bonchev–Trinajstić information content (AvgIpc) is 3.30. The number of fused-ring (bicyclic) bond motifs is 3. The summed E-state index contributed by atoms with van der Waals surface area (Å²) in [6, 6.07) is 85.6. The molecule has 10 aromatic rings. The van der Waals surface area contributed by atoms with Crippen molar-refractivity contribution in [2.75, 3.05) is 4.90 Å². The number of hydrogen-bond acceptors (Lipinski definition) is 1. The minimum Gasteiger partial charge on any atom is -0.310 e. The third-order valence-corrected chi connectivity index (χ3v) is 11.1. The van der Waals surface area contributed by atoms with Crippen LogP contribution in [0.15, 0.2) is 237 Å². The molecule has 0 atom stereocenters. The molecule has 0 fully saturated rings. The Kier molecular flexibility index (Phi) is 8.95. The van der Waals surface area contributed by atoms with Crippen LogP contribution in [0.2, 0.25) is 0 Å². The summed E-state index contributed by atoms with van der Waals surface area (Å²) in [5.41, 5.74) is 15.3. The van der Waals surface area contributed by atoms with E-state index >= 15 is 0 Å². The maximum Gasteiger partial charge on any atom is 0.0468 e. The SMILES string of the molecule is c1ccc(-c2ccc(-c3ccc(N(c4ccccc4)c4ccc(-c5cc6ccccc6c6ccccc56)cc4)cc3-c3ccc(-c4ccccc4)cc3)cc2)cc1.